The zero-order valence-corrected chi connectivity index (χ0v) is 14.0. The van der Waals surface area contributed by atoms with Crippen molar-refractivity contribution in [1.82, 2.24) is 4.98 Å². The molecule has 0 saturated heterocycles. The van der Waals surface area contributed by atoms with Crippen molar-refractivity contribution >= 4 is 0 Å². The topological polar surface area (TPSA) is 42.4 Å². The Balaban J connectivity index is 1.45. The van der Waals surface area contributed by atoms with Crippen LogP contribution in [0.4, 0.5) is 0 Å². The Morgan fingerprint density at radius 2 is 1.84 bits per heavy atom. The molecule has 25 heavy (non-hydrogen) atoms. The minimum absolute atomic E-state index is 0.225. The predicted molar refractivity (Wildman–Crippen MR) is 97.3 cm³/mol. The summed E-state index contributed by atoms with van der Waals surface area (Å²) in [5.74, 6) is 1.01. The minimum atomic E-state index is -0.436. The van der Waals surface area contributed by atoms with Crippen molar-refractivity contribution in [2.75, 3.05) is 0 Å². The summed E-state index contributed by atoms with van der Waals surface area (Å²) in [4.78, 5) is 4.27. The average molecular weight is 331 g/mol. The lowest BCUT2D eigenvalue weighted by Crippen LogP contribution is -2.10. The Morgan fingerprint density at radius 3 is 2.64 bits per heavy atom. The standard InChI is InChI=1S/C22H21NO2/c24-22-18(12-16-6-2-1-3-7-16)13-17-9-10-20(14-21(17)22)25-15-19-8-4-5-11-23-19/h1-11,14,18,22,24H,12-13,15H2. The molecule has 0 radical (unpaired) electrons. The first-order valence-corrected chi connectivity index (χ1v) is 8.67. The molecule has 3 aromatic rings. The zero-order chi connectivity index (χ0) is 17.1. The van der Waals surface area contributed by atoms with Crippen LogP contribution in [0.1, 0.15) is 28.5 Å². The van der Waals surface area contributed by atoms with Gasteiger partial charge in [0, 0.05) is 6.20 Å². The number of fused-ring (bicyclic) bond motifs is 1. The fraction of sp³-hybridized carbons (Fsp3) is 0.227. The second-order valence-corrected chi connectivity index (χ2v) is 6.57. The summed E-state index contributed by atoms with van der Waals surface area (Å²) in [6.45, 7) is 0.434. The highest BCUT2D eigenvalue weighted by Gasteiger charge is 2.31. The number of benzene rings is 2. The lowest BCUT2D eigenvalue weighted by Gasteiger charge is -2.15. The Kier molecular flexibility index (Phi) is 4.49. The van der Waals surface area contributed by atoms with Crippen molar-refractivity contribution in [3.05, 3.63) is 95.3 Å². The summed E-state index contributed by atoms with van der Waals surface area (Å²) in [6.07, 6.45) is 3.13. The maximum Gasteiger partial charge on any atom is 0.130 e. The second kappa shape index (κ2) is 7.08. The first kappa shape index (κ1) is 15.9. The van der Waals surface area contributed by atoms with Gasteiger partial charge in [0.05, 0.1) is 11.8 Å². The van der Waals surface area contributed by atoms with E-state index < -0.39 is 6.10 Å². The molecule has 2 atom stereocenters. The van der Waals surface area contributed by atoms with E-state index in [2.05, 4.69) is 23.2 Å². The third-order valence-corrected chi connectivity index (χ3v) is 4.82. The number of nitrogens with zero attached hydrogens (tertiary/aromatic N) is 1. The maximum atomic E-state index is 10.7. The van der Waals surface area contributed by atoms with Gasteiger partial charge >= 0.3 is 0 Å². The molecule has 0 saturated carbocycles. The van der Waals surface area contributed by atoms with Gasteiger partial charge in [-0.05, 0) is 59.7 Å². The summed E-state index contributed by atoms with van der Waals surface area (Å²) in [5.41, 5.74) is 4.38. The van der Waals surface area contributed by atoms with E-state index in [0.29, 0.717) is 6.61 Å². The van der Waals surface area contributed by atoms with Gasteiger partial charge in [0.15, 0.2) is 0 Å². The Bertz CT molecular complexity index is 833. The molecular formula is C22H21NO2. The summed E-state index contributed by atoms with van der Waals surface area (Å²) >= 11 is 0. The molecule has 126 valence electrons. The summed E-state index contributed by atoms with van der Waals surface area (Å²) in [6, 6.07) is 22.2. The van der Waals surface area contributed by atoms with Gasteiger partial charge < -0.3 is 9.84 Å². The smallest absolute Gasteiger partial charge is 0.130 e. The zero-order valence-electron chi connectivity index (χ0n) is 14.0. The van der Waals surface area contributed by atoms with Gasteiger partial charge in [0.1, 0.15) is 12.4 Å². The van der Waals surface area contributed by atoms with Gasteiger partial charge in [-0.25, -0.2) is 0 Å². The number of ether oxygens (including phenoxy) is 1. The van der Waals surface area contributed by atoms with Crippen LogP contribution in [-0.2, 0) is 19.4 Å². The Labute approximate surface area is 147 Å². The summed E-state index contributed by atoms with van der Waals surface area (Å²) in [7, 11) is 0. The largest absolute Gasteiger partial charge is 0.487 e. The molecule has 4 rings (SSSR count). The van der Waals surface area contributed by atoms with Crippen molar-refractivity contribution in [2.24, 2.45) is 5.92 Å². The van der Waals surface area contributed by atoms with Crippen molar-refractivity contribution in [3.63, 3.8) is 0 Å². The maximum absolute atomic E-state index is 10.7. The summed E-state index contributed by atoms with van der Waals surface area (Å²) in [5, 5.41) is 10.7. The van der Waals surface area contributed by atoms with Crippen LogP contribution in [0.3, 0.4) is 0 Å². The molecule has 1 heterocycles. The van der Waals surface area contributed by atoms with Gasteiger partial charge in [-0.15, -0.1) is 0 Å². The van der Waals surface area contributed by atoms with E-state index in [1.165, 1.54) is 11.1 Å². The molecule has 0 fully saturated rings. The normalized spacial score (nSPS) is 18.8. The molecule has 1 aliphatic rings. The fourth-order valence-electron chi connectivity index (χ4n) is 3.51. The van der Waals surface area contributed by atoms with E-state index in [0.717, 1.165) is 29.8 Å². The molecule has 1 N–H and O–H groups in total. The highest BCUT2D eigenvalue weighted by atomic mass is 16.5. The van der Waals surface area contributed by atoms with Crippen LogP contribution < -0.4 is 4.74 Å². The molecule has 0 spiro atoms. The molecule has 3 nitrogen and oxygen atoms in total. The van der Waals surface area contributed by atoms with Crippen molar-refractivity contribution < 1.29 is 9.84 Å². The summed E-state index contributed by atoms with van der Waals surface area (Å²) < 4.78 is 5.85. The molecule has 1 aliphatic carbocycles. The number of pyridine rings is 1. The highest BCUT2D eigenvalue weighted by Crippen LogP contribution is 2.39. The van der Waals surface area contributed by atoms with Crippen LogP contribution in [0, 0.1) is 5.92 Å². The molecule has 2 aromatic carbocycles. The van der Waals surface area contributed by atoms with Gasteiger partial charge in [-0.3, -0.25) is 4.98 Å². The van der Waals surface area contributed by atoms with Crippen LogP contribution in [0.5, 0.6) is 5.75 Å². The molecule has 0 bridgehead atoms. The average Bonchev–Trinajstić information content (AvgIpc) is 2.97. The first-order valence-electron chi connectivity index (χ1n) is 8.67. The van der Waals surface area contributed by atoms with E-state index in [1.54, 1.807) is 6.20 Å². The number of aromatic nitrogens is 1. The number of hydrogen-bond donors (Lipinski definition) is 1. The van der Waals surface area contributed by atoms with E-state index in [1.807, 2.05) is 48.5 Å². The minimum Gasteiger partial charge on any atom is -0.487 e. The molecular weight excluding hydrogens is 310 g/mol. The molecule has 2 unspecified atom stereocenters. The van der Waals surface area contributed by atoms with E-state index in [4.69, 9.17) is 4.74 Å². The van der Waals surface area contributed by atoms with Crippen molar-refractivity contribution in [1.29, 1.82) is 0 Å². The molecule has 3 heteroatoms. The van der Waals surface area contributed by atoms with E-state index in [-0.39, 0.29) is 5.92 Å². The Hall–Kier alpha value is -2.65. The molecule has 1 aromatic heterocycles. The molecule has 0 aliphatic heterocycles. The quantitative estimate of drug-likeness (QED) is 0.765. The van der Waals surface area contributed by atoms with Crippen LogP contribution in [0.25, 0.3) is 0 Å². The second-order valence-electron chi connectivity index (χ2n) is 6.57. The highest BCUT2D eigenvalue weighted by molar-refractivity contribution is 5.41. The number of aliphatic hydroxyl groups is 1. The predicted octanol–water partition coefficient (Wildman–Crippen LogP) is 4.11. The monoisotopic (exact) mass is 331 g/mol. The number of rotatable bonds is 5. The van der Waals surface area contributed by atoms with E-state index in [9.17, 15) is 5.11 Å². The number of hydrogen-bond acceptors (Lipinski definition) is 3. The lowest BCUT2D eigenvalue weighted by atomic mass is 9.95. The third kappa shape index (κ3) is 3.57. The molecule has 0 amide bonds. The van der Waals surface area contributed by atoms with Crippen LogP contribution >= 0.6 is 0 Å². The van der Waals surface area contributed by atoms with Crippen molar-refractivity contribution in [3.8, 4) is 5.75 Å². The fourth-order valence-corrected chi connectivity index (χ4v) is 3.51. The lowest BCUT2D eigenvalue weighted by molar-refractivity contribution is 0.123. The number of aliphatic hydroxyl groups excluding tert-OH is 1. The van der Waals surface area contributed by atoms with Crippen LogP contribution in [0.2, 0.25) is 0 Å². The van der Waals surface area contributed by atoms with Gasteiger partial charge in [-0.2, -0.15) is 0 Å². The van der Waals surface area contributed by atoms with Crippen LogP contribution in [0.15, 0.2) is 72.9 Å². The van der Waals surface area contributed by atoms with E-state index >= 15 is 0 Å². The van der Waals surface area contributed by atoms with Crippen LogP contribution in [-0.4, -0.2) is 10.1 Å². The first-order chi connectivity index (χ1) is 12.3. The van der Waals surface area contributed by atoms with Gasteiger partial charge in [0.25, 0.3) is 0 Å². The third-order valence-electron chi connectivity index (χ3n) is 4.82. The SMILES string of the molecule is OC1c2cc(OCc3ccccn3)ccc2CC1Cc1ccccc1. The van der Waals surface area contributed by atoms with Gasteiger partial charge in [0.2, 0.25) is 0 Å². The Morgan fingerprint density at radius 1 is 1.00 bits per heavy atom. The van der Waals surface area contributed by atoms with Crippen molar-refractivity contribution in [2.45, 2.75) is 25.6 Å². The van der Waals surface area contributed by atoms with Gasteiger partial charge in [-0.1, -0.05) is 42.5 Å².